The number of nitrogens with zero attached hydrogens (tertiary/aromatic N) is 2. The van der Waals surface area contributed by atoms with Crippen LogP contribution in [0.1, 0.15) is 16.7 Å². The van der Waals surface area contributed by atoms with E-state index < -0.39 is 11.9 Å². The second-order valence-corrected chi connectivity index (χ2v) is 7.68. The summed E-state index contributed by atoms with van der Waals surface area (Å²) >= 11 is 0. The molecule has 1 aromatic heterocycles. The molecule has 0 saturated carbocycles. The molecule has 2 heterocycles. The van der Waals surface area contributed by atoms with E-state index in [0.717, 1.165) is 60.4 Å². The van der Waals surface area contributed by atoms with Gasteiger partial charge >= 0.3 is 17.6 Å². The molecule has 0 radical (unpaired) electrons. The van der Waals surface area contributed by atoms with Crippen molar-refractivity contribution >= 4 is 28.6 Å². The Hall–Kier alpha value is -3.65. The summed E-state index contributed by atoms with van der Waals surface area (Å²) in [5.74, 6) is -3.65. The molecule has 8 nitrogen and oxygen atoms in total. The fourth-order valence-electron chi connectivity index (χ4n) is 3.70. The fraction of sp³-hybridized carbons (Fsp3) is 0.292. The van der Waals surface area contributed by atoms with Gasteiger partial charge in [-0.3, -0.25) is 4.90 Å². The van der Waals surface area contributed by atoms with Crippen molar-refractivity contribution in [2.75, 3.05) is 31.1 Å². The topological polar surface area (TPSA) is 111 Å². The Morgan fingerprint density at radius 1 is 0.938 bits per heavy atom. The van der Waals surface area contributed by atoms with E-state index in [1.54, 1.807) is 6.07 Å². The van der Waals surface area contributed by atoms with Crippen LogP contribution in [0.4, 0.5) is 5.69 Å². The van der Waals surface area contributed by atoms with Gasteiger partial charge in [0, 0.05) is 49.9 Å². The third-order valence-corrected chi connectivity index (χ3v) is 5.59. The molecule has 1 fully saturated rings. The molecule has 0 amide bonds. The zero-order chi connectivity index (χ0) is 23.3. The van der Waals surface area contributed by atoms with E-state index >= 15 is 0 Å². The second kappa shape index (κ2) is 10.1. The monoisotopic (exact) mass is 438 g/mol. The molecule has 0 aliphatic carbocycles. The summed E-state index contributed by atoms with van der Waals surface area (Å²) in [4.78, 5) is 35.1. The first-order chi connectivity index (χ1) is 15.3. The van der Waals surface area contributed by atoms with Crippen molar-refractivity contribution in [2.24, 2.45) is 0 Å². The van der Waals surface area contributed by atoms with Crippen LogP contribution in [0, 0.1) is 13.8 Å². The van der Waals surface area contributed by atoms with Gasteiger partial charge in [0.25, 0.3) is 0 Å². The molecule has 1 aliphatic heterocycles. The highest BCUT2D eigenvalue weighted by atomic mass is 16.4. The number of carboxylic acid groups (broad SMARTS) is 2. The number of piperazine rings is 1. The van der Waals surface area contributed by atoms with E-state index in [9.17, 15) is 4.79 Å². The third-order valence-electron chi connectivity index (χ3n) is 5.59. The van der Waals surface area contributed by atoms with E-state index in [-0.39, 0.29) is 5.63 Å². The number of aliphatic carboxylic acids is 2. The van der Waals surface area contributed by atoms with E-state index in [1.165, 1.54) is 5.69 Å². The number of hydrogen-bond donors (Lipinski definition) is 2. The van der Waals surface area contributed by atoms with Gasteiger partial charge in [0.05, 0.1) is 0 Å². The summed E-state index contributed by atoms with van der Waals surface area (Å²) in [6.07, 6.45) is 0. The molecule has 0 bridgehead atoms. The minimum atomic E-state index is -1.82. The van der Waals surface area contributed by atoms with Crippen molar-refractivity contribution in [3.8, 4) is 0 Å². The molecule has 0 unspecified atom stereocenters. The number of benzene rings is 2. The van der Waals surface area contributed by atoms with Gasteiger partial charge in [-0.15, -0.1) is 0 Å². The first kappa shape index (κ1) is 23.0. The normalized spacial score (nSPS) is 14.0. The van der Waals surface area contributed by atoms with Gasteiger partial charge in [0.1, 0.15) is 5.58 Å². The van der Waals surface area contributed by atoms with Gasteiger partial charge in [-0.2, -0.15) is 0 Å². The number of hydrogen-bond acceptors (Lipinski definition) is 6. The molecule has 2 N–H and O–H groups in total. The number of fused-ring (bicyclic) bond motifs is 1. The molecule has 4 rings (SSSR count). The van der Waals surface area contributed by atoms with Crippen molar-refractivity contribution in [3.63, 3.8) is 0 Å². The fourth-order valence-corrected chi connectivity index (χ4v) is 3.70. The van der Waals surface area contributed by atoms with Crippen molar-refractivity contribution < 1.29 is 24.2 Å². The number of carbonyl (C=O) groups is 2. The zero-order valence-corrected chi connectivity index (χ0v) is 18.1. The van der Waals surface area contributed by atoms with E-state index in [1.807, 2.05) is 13.8 Å². The molecule has 0 spiro atoms. The summed E-state index contributed by atoms with van der Waals surface area (Å²) in [6.45, 7) is 8.83. The lowest BCUT2D eigenvalue weighted by Gasteiger charge is -2.36. The lowest BCUT2D eigenvalue weighted by atomic mass is 10.0. The Bertz CT molecular complexity index is 1150. The summed E-state index contributed by atoms with van der Waals surface area (Å²) in [5, 5.41) is 15.8. The molecule has 1 aliphatic rings. The zero-order valence-electron chi connectivity index (χ0n) is 18.1. The largest absolute Gasteiger partial charge is 0.473 e. The Morgan fingerprint density at radius 2 is 1.56 bits per heavy atom. The van der Waals surface area contributed by atoms with Crippen LogP contribution in [0.3, 0.4) is 0 Å². The van der Waals surface area contributed by atoms with Crippen LogP contribution in [0.5, 0.6) is 0 Å². The van der Waals surface area contributed by atoms with Crippen LogP contribution in [-0.2, 0) is 16.1 Å². The quantitative estimate of drug-likeness (QED) is 0.474. The number of carboxylic acids is 2. The molecule has 0 atom stereocenters. The van der Waals surface area contributed by atoms with Crippen LogP contribution in [0.15, 0.2) is 57.7 Å². The Kier molecular flexibility index (Phi) is 7.27. The molecule has 32 heavy (non-hydrogen) atoms. The van der Waals surface area contributed by atoms with Crippen LogP contribution < -0.4 is 10.5 Å². The van der Waals surface area contributed by atoms with Gasteiger partial charge in [0.2, 0.25) is 0 Å². The van der Waals surface area contributed by atoms with Crippen LogP contribution in [0.25, 0.3) is 11.0 Å². The van der Waals surface area contributed by atoms with Crippen LogP contribution in [-0.4, -0.2) is 53.2 Å². The standard InChI is InChI=1S/C22H24N2O2.C2H2O4/c1-16-8-9-20-18(14-21(25)26-22(20)17(16)2)15-23-10-12-24(13-11-23)19-6-4-3-5-7-19;3-1(4)2(5)6/h3-9,14H,10-13,15H2,1-2H3;(H,3,4)(H,5,6). The highest BCUT2D eigenvalue weighted by Crippen LogP contribution is 2.25. The summed E-state index contributed by atoms with van der Waals surface area (Å²) in [6, 6.07) is 16.4. The van der Waals surface area contributed by atoms with Crippen molar-refractivity contribution in [2.45, 2.75) is 20.4 Å². The highest BCUT2D eigenvalue weighted by Gasteiger charge is 2.19. The predicted octanol–water partition coefficient (Wildman–Crippen LogP) is 2.89. The first-order valence-corrected chi connectivity index (χ1v) is 10.3. The van der Waals surface area contributed by atoms with E-state index in [0.29, 0.717) is 0 Å². The maximum Gasteiger partial charge on any atom is 0.414 e. The minimum Gasteiger partial charge on any atom is -0.473 e. The van der Waals surface area contributed by atoms with E-state index in [4.69, 9.17) is 24.2 Å². The molecular weight excluding hydrogens is 412 g/mol. The van der Waals surface area contributed by atoms with Crippen LogP contribution in [0.2, 0.25) is 0 Å². The van der Waals surface area contributed by atoms with Crippen molar-refractivity contribution in [1.82, 2.24) is 4.90 Å². The Morgan fingerprint density at radius 3 is 2.16 bits per heavy atom. The summed E-state index contributed by atoms with van der Waals surface area (Å²) in [5.41, 5.74) is 5.01. The third kappa shape index (κ3) is 5.53. The van der Waals surface area contributed by atoms with Gasteiger partial charge in [-0.1, -0.05) is 30.3 Å². The van der Waals surface area contributed by atoms with Gasteiger partial charge < -0.3 is 19.5 Å². The second-order valence-electron chi connectivity index (χ2n) is 7.68. The summed E-state index contributed by atoms with van der Waals surface area (Å²) < 4.78 is 5.50. The van der Waals surface area contributed by atoms with Gasteiger partial charge in [-0.25, -0.2) is 14.4 Å². The molecule has 3 aromatic rings. The number of anilines is 1. The van der Waals surface area contributed by atoms with Crippen molar-refractivity contribution in [3.05, 3.63) is 75.6 Å². The highest BCUT2D eigenvalue weighted by molar-refractivity contribution is 6.27. The molecule has 168 valence electrons. The van der Waals surface area contributed by atoms with Gasteiger partial charge in [-0.05, 0) is 42.7 Å². The summed E-state index contributed by atoms with van der Waals surface area (Å²) in [7, 11) is 0. The SMILES string of the molecule is Cc1ccc2c(CN3CCN(c4ccccc4)CC3)cc(=O)oc2c1C.O=C(O)C(=O)O. The Labute approximate surface area is 185 Å². The molecule has 8 heteroatoms. The number of para-hydroxylation sites is 1. The smallest absolute Gasteiger partial charge is 0.414 e. The number of aryl methyl sites for hydroxylation is 2. The average Bonchev–Trinajstić information content (AvgIpc) is 2.78. The Balaban J connectivity index is 0.000000427. The first-order valence-electron chi connectivity index (χ1n) is 10.3. The number of rotatable bonds is 3. The average molecular weight is 438 g/mol. The maximum atomic E-state index is 12.1. The maximum absolute atomic E-state index is 12.1. The predicted molar refractivity (Wildman–Crippen MR) is 121 cm³/mol. The van der Waals surface area contributed by atoms with Crippen molar-refractivity contribution in [1.29, 1.82) is 0 Å². The lowest BCUT2D eigenvalue weighted by Crippen LogP contribution is -2.46. The molecular formula is C24H26N2O6. The van der Waals surface area contributed by atoms with Crippen LogP contribution >= 0.6 is 0 Å². The van der Waals surface area contributed by atoms with E-state index in [2.05, 4.69) is 52.3 Å². The molecule has 2 aromatic carbocycles. The van der Waals surface area contributed by atoms with Gasteiger partial charge in [0.15, 0.2) is 0 Å². The lowest BCUT2D eigenvalue weighted by molar-refractivity contribution is -0.159. The minimum absolute atomic E-state index is 0.260. The molecule has 1 saturated heterocycles.